The minimum Gasteiger partial charge on any atom is -0.493 e. The van der Waals surface area contributed by atoms with Crippen molar-refractivity contribution in [2.24, 2.45) is 0 Å². The zero-order valence-electron chi connectivity index (χ0n) is 17.0. The van der Waals surface area contributed by atoms with Crippen LogP contribution < -0.4 is 20.1 Å². The van der Waals surface area contributed by atoms with Gasteiger partial charge in [-0.15, -0.1) is 11.8 Å². The highest BCUT2D eigenvalue weighted by Crippen LogP contribution is 2.29. The van der Waals surface area contributed by atoms with Crippen molar-refractivity contribution in [2.75, 3.05) is 24.7 Å². The Hall–Kier alpha value is -2.88. The van der Waals surface area contributed by atoms with Gasteiger partial charge in [-0.05, 0) is 55.3 Å². The molecule has 0 aliphatic heterocycles. The van der Waals surface area contributed by atoms with Crippen LogP contribution >= 0.6 is 11.8 Å². The minimum atomic E-state index is -2.97. The van der Waals surface area contributed by atoms with Crippen LogP contribution in [0.15, 0.2) is 42.5 Å². The topological polar surface area (TPSA) is 76.7 Å². The third-order valence-electron chi connectivity index (χ3n) is 4.12. The largest absolute Gasteiger partial charge is 0.493 e. The van der Waals surface area contributed by atoms with Crippen LogP contribution in [0.4, 0.5) is 18.9 Å². The van der Waals surface area contributed by atoms with Crippen LogP contribution in [0.3, 0.4) is 0 Å². The van der Waals surface area contributed by atoms with Gasteiger partial charge in [-0.1, -0.05) is 6.07 Å². The lowest BCUT2D eigenvalue weighted by molar-refractivity contribution is -0.120. The summed E-state index contributed by atoms with van der Waals surface area (Å²) < 4.78 is 47.3. The molecule has 0 saturated heterocycles. The molecule has 2 amide bonds. The van der Waals surface area contributed by atoms with E-state index in [1.54, 1.807) is 13.0 Å². The fraction of sp³-hybridized carbons (Fsp3) is 0.333. The molecule has 0 heterocycles. The van der Waals surface area contributed by atoms with Crippen molar-refractivity contribution in [3.05, 3.63) is 53.8 Å². The summed E-state index contributed by atoms with van der Waals surface area (Å²) in [7, 11) is 1.35. The number of amides is 2. The fourth-order valence-electron chi connectivity index (χ4n) is 2.55. The number of halogens is 3. The van der Waals surface area contributed by atoms with Gasteiger partial charge in [-0.2, -0.15) is 8.78 Å². The summed E-state index contributed by atoms with van der Waals surface area (Å²) in [5.74, 6) is -0.781. The molecule has 2 N–H and O–H groups in total. The molecule has 6 nitrogen and oxygen atoms in total. The summed E-state index contributed by atoms with van der Waals surface area (Å²) >= 11 is 1.16. The minimum absolute atomic E-state index is 0.0543. The zero-order chi connectivity index (χ0) is 22.8. The van der Waals surface area contributed by atoms with Crippen molar-refractivity contribution in [3.63, 3.8) is 0 Å². The number of benzene rings is 2. The molecule has 0 saturated carbocycles. The lowest BCUT2D eigenvalue weighted by Crippen LogP contribution is -2.33. The molecule has 0 fully saturated rings. The van der Waals surface area contributed by atoms with Crippen molar-refractivity contribution in [1.82, 2.24) is 5.32 Å². The lowest BCUT2D eigenvalue weighted by atomic mass is 10.1. The zero-order valence-corrected chi connectivity index (χ0v) is 17.8. The van der Waals surface area contributed by atoms with E-state index >= 15 is 0 Å². The van der Waals surface area contributed by atoms with E-state index < -0.39 is 17.7 Å². The molecule has 0 radical (unpaired) electrons. The Kier molecular flexibility index (Phi) is 9.51. The molecule has 31 heavy (non-hydrogen) atoms. The average Bonchev–Trinajstić information content (AvgIpc) is 2.73. The number of methoxy groups -OCH3 is 1. The van der Waals surface area contributed by atoms with E-state index in [4.69, 9.17) is 4.74 Å². The molecule has 0 spiro atoms. The van der Waals surface area contributed by atoms with Gasteiger partial charge in [0.05, 0.1) is 18.1 Å². The third kappa shape index (κ3) is 8.41. The normalized spacial score (nSPS) is 11.7. The summed E-state index contributed by atoms with van der Waals surface area (Å²) in [6.07, 6.45) is 0.401. The second kappa shape index (κ2) is 12.1. The van der Waals surface area contributed by atoms with Crippen molar-refractivity contribution in [3.8, 4) is 11.5 Å². The van der Waals surface area contributed by atoms with E-state index in [1.165, 1.54) is 43.5 Å². The van der Waals surface area contributed by atoms with Gasteiger partial charge in [0, 0.05) is 12.2 Å². The maximum atomic E-state index is 12.9. The summed E-state index contributed by atoms with van der Waals surface area (Å²) in [5, 5.41) is 4.89. The molecule has 168 valence electrons. The first-order chi connectivity index (χ1) is 14.8. The molecular weight excluding hydrogens is 433 g/mol. The maximum absolute atomic E-state index is 12.9. The standard InChI is InChI=1S/C21H23F3N2O4S/c1-13(31-12-19(27)26-16-6-4-15(22)5-7-16)20(28)25-10-9-14-3-8-17(29-2)18(11-14)30-21(23)24/h3-8,11,13,21H,9-10,12H2,1-2H3,(H,25,28)(H,26,27). The molecule has 10 heteroatoms. The molecule has 2 aromatic carbocycles. The Morgan fingerprint density at radius 2 is 1.81 bits per heavy atom. The second-order valence-corrected chi connectivity index (χ2v) is 7.74. The van der Waals surface area contributed by atoms with Gasteiger partial charge in [0.1, 0.15) is 5.82 Å². The Bertz CT molecular complexity index is 881. The van der Waals surface area contributed by atoms with Crippen LogP contribution in [-0.4, -0.2) is 43.1 Å². The monoisotopic (exact) mass is 456 g/mol. The summed E-state index contributed by atoms with van der Waals surface area (Å²) in [4.78, 5) is 24.2. The Morgan fingerprint density at radius 3 is 2.45 bits per heavy atom. The quantitative estimate of drug-likeness (QED) is 0.537. The number of hydrogen-bond acceptors (Lipinski definition) is 5. The lowest BCUT2D eigenvalue weighted by Gasteiger charge is -2.13. The highest BCUT2D eigenvalue weighted by atomic mass is 32.2. The number of hydrogen-bond donors (Lipinski definition) is 2. The molecule has 0 aromatic heterocycles. The predicted octanol–water partition coefficient (Wildman–Crippen LogP) is 3.85. The predicted molar refractivity (Wildman–Crippen MR) is 113 cm³/mol. The van der Waals surface area contributed by atoms with E-state index in [9.17, 15) is 22.8 Å². The number of carbonyl (C=O) groups excluding carboxylic acids is 2. The van der Waals surface area contributed by atoms with Crippen LogP contribution in [0, 0.1) is 5.82 Å². The molecule has 2 aromatic rings. The third-order valence-corrected chi connectivity index (χ3v) is 5.26. The van der Waals surface area contributed by atoms with E-state index in [0.29, 0.717) is 17.7 Å². The van der Waals surface area contributed by atoms with Gasteiger partial charge in [-0.25, -0.2) is 4.39 Å². The highest BCUT2D eigenvalue weighted by Gasteiger charge is 2.16. The van der Waals surface area contributed by atoms with Crippen LogP contribution in [0.25, 0.3) is 0 Å². The van der Waals surface area contributed by atoms with Crippen molar-refractivity contribution in [1.29, 1.82) is 0 Å². The first-order valence-corrected chi connectivity index (χ1v) is 10.4. The number of ether oxygens (including phenoxy) is 2. The fourth-order valence-corrected chi connectivity index (χ4v) is 3.25. The first-order valence-electron chi connectivity index (χ1n) is 9.35. The van der Waals surface area contributed by atoms with Gasteiger partial charge < -0.3 is 20.1 Å². The van der Waals surface area contributed by atoms with Crippen molar-refractivity contribution in [2.45, 2.75) is 25.2 Å². The number of rotatable bonds is 11. The Morgan fingerprint density at radius 1 is 1.10 bits per heavy atom. The maximum Gasteiger partial charge on any atom is 0.387 e. The van der Waals surface area contributed by atoms with Crippen LogP contribution in [0.5, 0.6) is 11.5 Å². The average molecular weight is 456 g/mol. The van der Waals surface area contributed by atoms with Gasteiger partial charge in [0.2, 0.25) is 11.8 Å². The number of thioether (sulfide) groups is 1. The van der Waals surface area contributed by atoms with Crippen molar-refractivity contribution >= 4 is 29.3 Å². The molecule has 0 bridgehead atoms. The number of anilines is 1. The summed E-state index contributed by atoms with van der Waals surface area (Å²) in [6.45, 7) is -1.01. The number of alkyl halides is 2. The van der Waals surface area contributed by atoms with Crippen LogP contribution in [0.1, 0.15) is 12.5 Å². The molecule has 2 rings (SSSR count). The second-order valence-electron chi connectivity index (χ2n) is 6.41. The van der Waals surface area contributed by atoms with Crippen LogP contribution in [-0.2, 0) is 16.0 Å². The summed E-state index contributed by atoms with van der Waals surface area (Å²) in [5.41, 5.74) is 1.16. The number of carbonyl (C=O) groups is 2. The molecule has 0 aliphatic carbocycles. The first kappa shape index (κ1) is 24.4. The van der Waals surface area contributed by atoms with Crippen molar-refractivity contribution < 1.29 is 32.2 Å². The van der Waals surface area contributed by atoms with E-state index in [-0.39, 0.29) is 35.6 Å². The summed E-state index contributed by atoms with van der Waals surface area (Å²) in [6, 6.07) is 10.0. The molecule has 0 aliphatic rings. The van der Waals surface area contributed by atoms with Crippen LogP contribution in [0.2, 0.25) is 0 Å². The number of nitrogens with one attached hydrogen (secondary N) is 2. The van der Waals surface area contributed by atoms with Gasteiger partial charge >= 0.3 is 6.61 Å². The van der Waals surface area contributed by atoms with Gasteiger partial charge in [0.15, 0.2) is 11.5 Å². The molecule has 1 unspecified atom stereocenters. The van der Waals surface area contributed by atoms with E-state index in [1.807, 2.05) is 0 Å². The SMILES string of the molecule is COc1ccc(CCNC(=O)C(C)SCC(=O)Nc2ccc(F)cc2)cc1OC(F)F. The molecular formula is C21H23F3N2O4S. The Balaban J connectivity index is 1.75. The van der Waals surface area contributed by atoms with Gasteiger partial charge in [-0.3, -0.25) is 9.59 Å². The Labute approximate surface area is 182 Å². The smallest absolute Gasteiger partial charge is 0.387 e. The van der Waals surface area contributed by atoms with E-state index in [0.717, 1.165) is 11.8 Å². The highest BCUT2D eigenvalue weighted by molar-refractivity contribution is 8.01. The van der Waals surface area contributed by atoms with E-state index in [2.05, 4.69) is 15.4 Å². The molecule has 1 atom stereocenters. The van der Waals surface area contributed by atoms with Gasteiger partial charge in [0.25, 0.3) is 0 Å².